The van der Waals surface area contributed by atoms with Gasteiger partial charge in [-0.1, -0.05) is 0 Å². The molecule has 0 fully saturated rings. The summed E-state index contributed by atoms with van der Waals surface area (Å²) < 4.78 is 5.28. The minimum Gasteiger partial charge on any atom is -0.493 e. The number of hydrogen-bond acceptors (Lipinski definition) is 2. The van der Waals surface area contributed by atoms with E-state index in [-0.39, 0.29) is 0 Å². The van der Waals surface area contributed by atoms with Gasteiger partial charge < -0.3 is 4.74 Å². The van der Waals surface area contributed by atoms with E-state index in [0.29, 0.717) is 6.61 Å². The fraction of sp³-hybridized carbons (Fsp3) is 0.333. The zero-order chi connectivity index (χ0) is 8.10. The van der Waals surface area contributed by atoms with Crippen LogP contribution in [-0.4, -0.2) is 12.9 Å². The van der Waals surface area contributed by atoms with Crippen LogP contribution in [0.25, 0.3) is 0 Å². The van der Waals surface area contributed by atoms with Crippen molar-refractivity contribution in [2.24, 2.45) is 0 Å². The van der Waals surface area contributed by atoms with Gasteiger partial charge in [0.1, 0.15) is 5.75 Å². The maximum Gasteiger partial charge on any atom is 0.128 e. The van der Waals surface area contributed by atoms with Gasteiger partial charge in [-0.05, 0) is 31.4 Å². The van der Waals surface area contributed by atoms with Crippen LogP contribution in [0.3, 0.4) is 0 Å². The zero-order valence-electron chi connectivity index (χ0n) is 6.76. The van der Waals surface area contributed by atoms with Crippen molar-refractivity contribution in [3.8, 4) is 5.75 Å². The van der Waals surface area contributed by atoms with Crippen molar-refractivity contribution in [2.45, 2.75) is 11.8 Å². The molecule has 59 valence electrons. The van der Waals surface area contributed by atoms with Crippen molar-refractivity contribution in [1.29, 1.82) is 0 Å². The zero-order valence-corrected chi connectivity index (χ0v) is 7.57. The Morgan fingerprint density at radius 2 is 2.45 bits per heavy atom. The van der Waals surface area contributed by atoms with E-state index in [0.717, 1.165) is 5.75 Å². The van der Waals surface area contributed by atoms with Crippen molar-refractivity contribution >= 4 is 11.8 Å². The number of ether oxygens (including phenoxy) is 1. The molecule has 0 heterocycles. The van der Waals surface area contributed by atoms with Crippen LogP contribution in [0.2, 0.25) is 0 Å². The van der Waals surface area contributed by atoms with Gasteiger partial charge in [-0.2, -0.15) is 0 Å². The Morgan fingerprint density at radius 1 is 1.64 bits per heavy atom. The summed E-state index contributed by atoms with van der Waals surface area (Å²) in [5.41, 5.74) is 0. The van der Waals surface area contributed by atoms with E-state index >= 15 is 0 Å². The Kier molecular flexibility index (Phi) is 3.30. The van der Waals surface area contributed by atoms with Gasteiger partial charge >= 0.3 is 0 Å². The lowest BCUT2D eigenvalue weighted by Crippen LogP contribution is -1.90. The summed E-state index contributed by atoms with van der Waals surface area (Å²) >= 11 is 1.71. The Morgan fingerprint density at radius 3 is 3.09 bits per heavy atom. The predicted octanol–water partition coefficient (Wildman–Crippen LogP) is 2.61. The molecule has 0 unspecified atom stereocenters. The van der Waals surface area contributed by atoms with E-state index in [2.05, 4.69) is 6.07 Å². The molecule has 0 aliphatic carbocycles. The molecule has 0 N–H and O–H groups in total. The van der Waals surface area contributed by atoms with Crippen molar-refractivity contribution in [1.82, 2.24) is 0 Å². The molecule has 0 aromatic heterocycles. The van der Waals surface area contributed by atoms with E-state index in [4.69, 9.17) is 4.74 Å². The lowest BCUT2D eigenvalue weighted by Gasteiger charge is -2.02. The van der Waals surface area contributed by atoms with Crippen molar-refractivity contribution in [3.63, 3.8) is 0 Å². The molecule has 0 atom stereocenters. The average molecular weight is 167 g/mol. The second-order valence-electron chi connectivity index (χ2n) is 2.03. The van der Waals surface area contributed by atoms with Gasteiger partial charge in [0.15, 0.2) is 0 Å². The van der Waals surface area contributed by atoms with E-state index in [1.807, 2.05) is 31.4 Å². The minimum atomic E-state index is 0.703. The lowest BCUT2D eigenvalue weighted by atomic mass is 10.3. The van der Waals surface area contributed by atoms with E-state index in [1.165, 1.54) is 4.90 Å². The number of hydrogen-bond donors (Lipinski definition) is 0. The second kappa shape index (κ2) is 4.29. The van der Waals surface area contributed by atoms with E-state index < -0.39 is 0 Å². The van der Waals surface area contributed by atoms with Crippen LogP contribution in [0.1, 0.15) is 6.92 Å². The summed E-state index contributed by atoms with van der Waals surface area (Å²) in [5, 5.41) is 0. The third kappa shape index (κ3) is 2.46. The van der Waals surface area contributed by atoms with Gasteiger partial charge in [0.25, 0.3) is 0 Å². The molecule has 0 saturated heterocycles. The fourth-order valence-electron chi connectivity index (χ4n) is 0.791. The molecule has 0 aliphatic heterocycles. The van der Waals surface area contributed by atoms with Gasteiger partial charge in [0, 0.05) is 11.0 Å². The molecule has 0 bridgehead atoms. The fourth-order valence-corrected chi connectivity index (χ4v) is 1.22. The number of rotatable bonds is 3. The Bertz CT molecular complexity index is 223. The summed E-state index contributed by atoms with van der Waals surface area (Å²) in [6, 6.07) is 8.91. The SMILES string of the molecule is CCOc1[c]ccc(SC)c1. The van der Waals surface area contributed by atoms with Crippen LogP contribution in [0.4, 0.5) is 0 Å². The van der Waals surface area contributed by atoms with E-state index in [9.17, 15) is 0 Å². The standard InChI is InChI=1S/C9H11OS/c1-3-10-8-5-4-6-9(7-8)11-2/h4,6-7H,3H2,1-2H3. The molecule has 1 rings (SSSR count). The highest BCUT2D eigenvalue weighted by atomic mass is 32.2. The lowest BCUT2D eigenvalue weighted by molar-refractivity contribution is 0.338. The van der Waals surface area contributed by atoms with Crippen LogP contribution >= 0.6 is 11.8 Å². The molecule has 0 saturated carbocycles. The number of thioether (sulfide) groups is 1. The average Bonchev–Trinajstić information content (AvgIpc) is 2.06. The summed E-state index contributed by atoms with van der Waals surface area (Å²) in [6.45, 7) is 2.67. The molecule has 0 aliphatic rings. The van der Waals surface area contributed by atoms with E-state index in [1.54, 1.807) is 11.8 Å². The molecule has 11 heavy (non-hydrogen) atoms. The van der Waals surface area contributed by atoms with Crippen LogP contribution in [0.5, 0.6) is 5.75 Å². The van der Waals surface area contributed by atoms with Crippen LogP contribution < -0.4 is 4.74 Å². The third-order valence-corrected chi connectivity index (χ3v) is 2.01. The minimum absolute atomic E-state index is 0.703. The van der Waals surface area contributed by atoms with Gasteiger partial charge in [-0.3, -0.25) is 0 Å². The maximum atomic E-state index is 5.28. The highest BCUT2D eigenvalue weighted by molar-refractivity contribution is 7.98. The Labute approximate surface area is 71.8 Å². The highest BCUT2D eigenvalue weighted by Crippen LogP contribution is 2.19. The second-order valence-corrected chi connectivity index (χ2v) is 2.91. The van der Waals surface area contributed by atoms with Gasteiger partial charge in [-0.25, -0.2) is 0 Å². The molecular formula is C9H11OS. The normalized spacial score (nSPS) is 9.64. The summed E-state index contributed by atoms with van der Waals surface area (Å²) in [5.74, 6) is 0.833. The highest BCUT2D eigenvalue weighted by Gasteiger charge is 1.93. The molecule has 0 amide bonds. The first-order valence-corrected chi connectivity index (χ1v) is 4.78. The first-order chi connectivity index (χ1) is 5.36. The van der Waals surface area contributed by atoms with Gasteiger partial charge in [0.05, 0.1) is 6.61 Å². The smallest absolute Gasteiger partial charge is 0.128 e. The van der Waals surface area contributed by atoms with Crippen LogP contribution in [0, 0.1) is 6.07 Å². The van der Waals surface area contributed by atoms with Crippen molar-refractivity contribution in [3.05, 3.63) is 24.3 Å². The first kappa shape index (κ1) is 8.47. The monoisotopic (exact) mass is 167 g/mol. The Balaban J connectivity index is 2.74. The van der Waals surface area contributed by atoms with Crippen molar-refractivity contribution < 1.29 is 4.74 Å². The first-order valence-electron chi connectivity index (χ1n) is 3.55. The molecule has 1 nitrogen and oxygen atoms in total. The third-order valence-electron chi connectivity index (χ3n) is 1.28. The molecule has 2 heteroatoms. The van der Waals surface area contributed by atoms with Crippen LogP contribution in [0.15, 0.2) is 23.1 Å². The largest absolute Gasteiger partial charge is 0.493 e. The summed E-state index contributed by atoms with van der Waals surface area (Å²) in [4.78, 5) is 1.22. The maximum absolute atomic E-state index is 5.28. The predicted molar refractivity (Wildman–Crippen MR) is 48.2 cm³/mol. The van der Waals surface area contributed by atoms with Gasteiger partial charge in [0.2, 0.25) is 0 Å². The van der Waals surface area contributed by atoms with Gasteiger partial charge in [-0.15, -0.1) is 11.8 Å². The van der Waals surface area contributed by atoms with Crippen molar-refractivity contribution in [2.75, 3.05) is 12.9 Å². The number of benzene rings is 1. The summed E-state index contributed by atoms with van der Waals surface area (Å²) in [6.07, 6.45) is 2.05. The topological polar surface area (TPSA) is 9.23 Å². The summed E-state index contributed by atoms with van der Waals surface area (Å²) in [7, 11) is 0. The molecule has 1 aromatic carbocycles. The molecular weight excluding hydrogens is 156 g/mol. The molecule has 1 aromatic rings. The molecule has 0 spiro atoms. The quantitative estimate of drug-likeness (QED) is 0.640. The van der Waals surface area contributed by atoms with Crippen LogP contribution in [-0.2, 0) is 0 Å². The molecule has 1 radical (unpaired) electrons. The Hall–Kier alpha value is -0.630.